The van der Waals surface area contributed by atoms with Crippen LogP contribution in [0.3, 0.4) is 0 Å². The molecule has 0 aliphatic heterocycles. The lowest BCUT2D eigenvalue weighted by Gasteiger charge is -2.25. The Kier molecular flexibility index (Phi) is 12.1. The number of carbonyl (C=O) groups excluding carboxylic acids is 1. The number of amides is 1. The fourth-order valence-corrected chi connectivity index (χ4v) is 3.71. The molecule has 1 aromatic rings. The number of amidine groups is 1. The van der Waals surface area contributed by atoms with Crippen molar-refractivity contribution in [3.63, 3.8) is 0 Å². The number of hydrogen-bond acceptors (Lipinski definition) is 4. The number of nitrogen functional groups attached to an aromatic ring is 1. The van der Waals surface area contributed by atoms with Crippen LogP contribution >= 0.6 is 0 Å². The van der Waals surface area contributed by atoms with E-state index in [1.54, 1.807) is 25.3 Å². The molecule has 0 heterocycles. The van der Waals surface area contributed by atoms with Gasteiger partial charge in [-0.15, -0.1) is 0 Å². The topological polar surface area (TPSA) is 103 Å². The van der Waals surface area contributed by atoms with Crippen molar-refractivity contribution in [3.05, 3.63) is 83.1 Å². The van der Waals surface area contributed by atoms with Gasteiger partial charge in [0.2, 0.25) is 6.41 Å². The Balaban J connectivity index is 0.000000445. The first-order chi connectivity index (χ1) is 16.2. The van der Waals surface area contributed by atoms with Crippen LogP contribution in [0.4, 0.5) is 11.4 Å². The first-order valence-corrected chi connectivity index (χ1v) is 11.4. The highest BCUT2D eigenvalue weighted by molar-refractivity contribution is 6.10. The number of hydrogen-bond donors (Lipinski definition) is 4. The molecule has 0 fully saturated rings. The van der Waals surface area contributed by atoms with E-state index in [-0.39, 0.29) is 0 Å². The van der Waals surface area contributed by atoms with E-state index in [1.165, 1.54) is 23.8 Å². The minimum absolute atomic E-state index is 0.596. The molecule has 1 amide bonds. The summed E-state index contributed by atoms with van der Waals surface area (Å²) in [5, 5.41) is 13.3. The van der Waals surface area contributed by atoms with Crippen LogP contribution in [0.15, 0.2) is 82.6 Å². The number of nitrogens with two attached hydrogens (primary N) is 1. The summed E-state index contributed by atoms with van der Waals surface area (Å²) < 4.78 is 0. The summed E-state index contributed by atoms with van der Waals surface area (Å²) in [4.78, 5) is 14.5. The summed E-state index contributed by atoms with van der Waals surface area (Å²) in [7, 11) is 1.77. The molecule has 2 rings (SSSR count). The van der Waals surface area contributed by atoms with Crippen LogP contribution < -0.4 is 16.4 Å². The largest absolute Gasteiger partial charge is 0.398 e. The third-order valence-electron chi connectivity index (χ3n) is 5.79. The number of carbonyl (C=O) groups is 1. The highest BCUT2D eigenvalue weighted by Gasteiger charge is 2.19. The van der Waals surface area contributed by atoms with Crippen molar-refractivity contribution in [2.24, 2.45) is 10.9 Å². The molecule has 1 aliphatic carbocycles. The molecule has 1 unspecified atom stereocenters. The van der Waals surface area contributed by atoms with E-state index >= 15 is 0 Å². The molecule has 1 aliphatic rings. The molecule has 6 nitrogen and oxygen atoms in total. The molecule has 5 N–H and O–H groups in total. The first kappa shape index (κ1) is 28.4. The number of anilines is 2. The molecule has 0 saturated heterocycles. The zero-order valence-corrected chi connectivity index (χ0v) is 21.2. The normalized spacial score (nSPS) is 16.7. The summed E-state index contributed by atoms with van der Waals surface area (Å²) in [5.74, 6) is 1.52. The lowest BCUT2D eigenvalue weighted by molar-refractivity contribution is -0.108. The van der Waals surface area contributed by atoms with Crippen molar-refractivity contribution >= 4 is 29.8 Å². The van der Waals surface area contributed by atoms with Crippen molar-refractivity contribution in [2.45, 2.75) is 47.0 Å². The highest BCUT2D eigenvalue weighted by Crippen LogP contribution is 2.33. The Hall–Kier alpha value is -3.67. The van der Waals surface area contributed by atoms with E-state index in [4.69, 9.17) is 11.1 Å². The average Bonchev–Trinajstić information content (AvgIpc) is 2.82. The lowest BCUT2D eigenvalue weighted by atomic mass is 9.82. The van der Waals surface area contributed by atoms with Gasteiger partial charge in [-0.1, -0.05) is 37.8 Å². The SMILES string of the molecule is C=C(C(=NC)Nc1ccc(N)c(C=N)c1)C1=C(C)CC(C)CC1.C=C/C=C(NC=O)\C(C)=C/C. The minimum atomic E-state index is 0.596. The van der Waals surface area contributed by atoms with Crippen LogP contribution in [-0.2, 0) is 4.79 Å². The van der Waals surface area contributed by atoms with E-state index < -0.39 is 0 Å². The van der Waals surface area contributed by atoms with Gasteiger partial charge in [0.1, 0.15) is 5.84 Å². The maximum Gasteiger partial charge on any atom is 0.211 e. The predicted octanol–water partition coefficient (Wildman–Crippen LogP) is 6.17. The number of rotatable bonds is 8. The Labute approximate surface area is 204 Å². The Morgan fingerprint density at radius 2 is 2.06 bits per heavy atom. The number of benzene rings is 1. The molecule has 0 spiro atoms. The molecule has 0 bridgehead atoms. The number of nitrogens with one attached hydrogen (secondary N) is 3. The second kappa shape index (κ2) is 14.5. The number of allylic oxidation sites excluding steroid dienone is 5. The van der Waals surface area contributed by atoms with Gasteiger partial charge in [-0.25, -0.2) is 0 Å². The molecule has 1 aromatic carbocycles. The number of aliphatic imine (C=N–C) groups is 1. The van der Waals surface area contributed by atoms with Crippen LogP contribution in [0.2, 0.25) is 0 Å². The predicted molar refractivity (Wildman–Crippen MR) is 147 cm³/mol. The van der Waals surface area contributed by atoms with Crippen molar-refractivity contribution in [3.8, 4) is 0 Å². The van der Waals surface area contributed by atoms with Crippen molar-refractivity contribution in [2.75, 3.05) is 18.1 Å². The van der Waals surface area contributed by atoms with E-state index in [1.807, 2.05) is 32.1 Å². The highest BCUT2D eigenvalue weighted by atomic mass is 16.1. The molecular weight excluding hydrogens is 422 g/mol. The molecule has 0 radical (unpaired) electrons. The minimum Gasteiger partial charge on any atom is -0.398 e. The summed E-state index contributed by atoms with van der Waals surface area (Å²) >= 11 is 0. The van der Waals surface area contributed by atoms with Crippen molar-refractivity contribution < 1.29 is 4.79 Å². The van der Waals surface area contributed by atoms with Crippen LogP contribution in [-0.4, -0.2) is 25.5 Å². The fourth-order valence-electron chi connectivity index (χ4n) is 3.71. The summed E-state index contributed by atoms with van der Waals surface area (Å²) in [6, 6.07) is 5.54. The van der Waals surface area contributed by atoms with Crippen molar-refractivity contribution in [1.29, 1.82) is 5.41 Å². The molecular formula is C28H39N5O. The quantitative estimate of drug-likeness (QED) is 0.122. The van der Waals surface area contributed by atoms with Gasteiger partial charge in [0.05, 0.1) is 0 Å². The maximum atomic E-state index is 10.1. The van der Waals surface area contributed by atoms with Crippen molar-refractivity contribution in [1.82, 2.24) is 5.32 Å². The molecule has 34 heavy (non-hydrogen) atoms. The van der Waals surface area contributed by atoms with E-state index in [2.05, 4.69) is 42.6 Å². The Morgan fingerprint density at radius 3 is 2.59 bits per heavy atom. The van der Waals surface area contributed by atoms with Gasteiger partial charge in [-0.3, -0.25) is 9.79 Å². The molecule has 0 saturated carbocycles. The standard InChI is InChI=1S/C19H26N4.C9H13NO/c1-12-5-7-17(13(2)9-12)14(3)19(22-4)23-16-6-8-18(21)15(10-16)11-20;1-4-6-9(10-7-11)8(3)5-2/h6,8,10-12,20H,3,5,7,9,21H2,1-2,4H3,(H,22,23);4-7H,1H2,2-3H3,(H,10,11)/b;8-5-,9-6+. The molecule has 6 heteroatoms. The van der Waals surface area contributed by atoms with Gasteiger partial charge >= 0.3 is 0 Å². The van der Waals surface area contributed by atoms with Gasteiger partial charge in [0.15, 0.2) is 0 Å². The van der Waals surface area contributed by atoms with Gasteiger partial charge in [-0.2, -0.15) is 0 Å². The fraction of sp³-hybridized carbons (Fsp3) is 0.321. The second-order valence-corrected chi connectivity index (χ2v) is 8.32. The third-order valence-corrected chi connectivity index (χ3v) is 5.79. The van der Waals surface area contributed by atoms with E-state index in [0.29, 0.717) is 17.7 Å². The summed E-state index contributed by atoms with van der Waals surface area (Å²) in [5.41, 5.74) is 13.5. The first-order valence-electron chi connectivity index (χ1n) is 11.4. The summed E-state index contributed by atoms with van der Waals surface area (Å²) in [6.07, 6.45) is 10.6. The van der Waals surface area contributed by atoms with Gasteiger partial charge < -0.3 is 21.8 Å². The monoisotopic (exact) mass is 461 g/mol. The van der Waals surface area contributed by atoms with Gasteiger partial charge in [0.25, 0.3) is 0 Å². The number of nitrogens with zero attached hydrogens (tertiary/aromatic N) is 1. The maximum absolute atomic E-state index is 10.1. The van der Waals surface area contributed by atoms with Gasteiger partial charge in [-0.05, 0) is 81.4 Å². The van der Waals surface area contributed by atoms with E-state index in [9.17, 15) is 4.79 Å². The second-order valence-electron chi connectivity index (χ2n) is 8.32. The molecule has 0 aromatic heterocycles. The Bertz CT molecular complexity index is 1030. The lowest BCUT2D eigenvalue weighted by Crippen LogP contribution is -2.19. The van der Waals surface area contributed by atoms with Crippen LogP contribution in [0.25, 0.3) is 0 Å². The van der Waals surface area contributed by atoms with E-state index in [0.717, 1.165) is 47.1 Å². The van der Waals surface area contributed by atoms with Crippen LogP contribution in [0.5, 0.6) is 0 Å². The third kappa shape index (κ3) is 8.35. The zero-order valence-electron chi connectivity index (χ0n) is 21.2. The molecule has 1 atom stereocenters. The molecule has 182 valence electrons. The summed E-state index contributed by atoms with van der Waals surface area (Å²) in [6.45, 7) is 16.1. The van der Waals surface area contributed by atoms with Crippen LogP contribution in [0.1, 0.15) is 52.5 Å². The smallest absolute Gasteiger partial charge is 0.211 e. The zero-order chi connectivity index (χ0) is 25.7. The van der Waals surface area contributed by atoms with Crippen LogP contribution in [0, 0.1) is 11.3 Å². The average molecular weight is 462 g/mol. The van der Waals surface area contributed by atoms with Gasteiger partial charge in [0, 0.05) is 41.5 Å². The Morgan fingerprint density at radius 1 is 1.35 bits per heavy atom.